The van der Waals surface area contributed by atoms with Gasteiger partial charge in [0.1, 0.15) is 5.75 Å². The Morgan fingerprint density at radius 2 is 2.12 bits per heavy atom. The fourth-order valence-corrected chi connectivity index (χ4v) is 1.22. The van der Waals surface area contributed by atoms with Crippen LogP contribution in [0.3, 0.4) is 0 Å². The molecule has 82 valence electrons. The first-order valence-corrected chi connectivity index (χ1v) is 4.77. The highest BCUT2D eigenvalue weighted by atomic mass is 16.5. The number of methoxy groups -OCH3 is 1. The number of nitrogens with zero attached hydrogens (tertiary/aromatic N) is 3. The molecular weight excluding hydrogens is 204 g/mol. The van der Waals surface area contributed by atoms with E-state index in [1.807, 2.05) is 24.3 Å². The van der Waals surface area contributed by atoms with E-state index in [9.17, 15) is 0 Å². The Kier molecular flexibility index (Phi) is 2.86. The number of imidazole rings is 1. The van der Waals surface area contributed by atoms with E-state index in [2.05, 4.69) is 10.1 Å². The summed E-state index contributed by atoms with van der Waals surface area (Å²) in [6.07, 6.45) is 4.99. The molecule has 2 rings (SSSR count). The van der Waals surface area contributed by atoms with Gasteiger partial charge in [0.25, 0.3) is 0 Å². The van der Waals surface area contributed by atoms with Crippen LogP contribution in [0, 0.1) is 0 Å². The van der Waals surface area contributed by atoms with Crippen molar-refractivity contribution in [2.45, 2.75) is 0 Å². The summed E-state index contributed by atoms with van der Waals surface area (Å²) in [6.45, 7) is 0. The van der Waals surface area contributed by atoms with Crippen LogP contribution in [-0.4, -0.2) is 23.0 Å². The van der Waals surface area contributed by atoms with Gasteiger partial charge in [-0.25, -0.2) is 9.66 Å². The quantitative estimate of drug-likeness (QED) is 0.788. The van der Waals surface area contributed by atoms with Crippen LogP contribution in [0.1, 0.15) is 5.56 Å². The second-order valence-electron chi connectivity index (χ2n) is 3.15. The first kappa shape index (κ1) is 10.2. The van der Waals surface area contributed by atoms with Gasteiger partial charge >= 0.3 is 0 Å². The normalized spacial score (nSPS) is 10.8. The molecule has 0 spiro atoms. The van der Waals surface area contributed by atoms with Crippen LogP contribution in [0.4, 0.5) is 5.95 Å². The summed E-state index contributed by atoms with van der Waals surface area (Å²) >= 11 is 0. The minimum absolute atomic E-state index is 0.366. The fourth-order valence-electron chi connectivity index (χ4n) is 1.22. The predicted molar refractivity (Wildman–Crippen MR) is 62.6 cm³/mol. The van der Waals surface area contributed by atoms with Gasteiger partial charge in [-0.05, 0) is 29.8 Å². The van der Waals surface area contributed by atoms with Crippen LogP contribution in [0.15, 0.2) is 41.8 Å². The van der Waals surface area contributed by atoms with Crippen LogP contribution in [-0.2, 0) is 0 Å². The Hall–Kier alpha value is -2.30. The molecule has 1 heterocycles. The molecule has 0 atom stereocenters. The Morgan fingerprint density at radius 1 is 1.38 bits per heavy atom. The molecule has 16 heavy (non-hydrogen) atoms. The van der Waals surface area contributed by atoms with Crippen molar-refractivity contribution in [3.05, 3.63) is 42.2 Å². The summed E-state index contributed by atoms with van der Waals surface area (Å²) in [5.74, 6) is 1.18. The highest BCUT2D eigenvalue weighted by Gasteiger charge is 1.94. The van der Waals surface area contributed by atoms with Gasteiger partial charge < -0.3 is 10.5 Å². The molecule has 0 amide bonds. The zero-order valence-electron chi connectivity index (χ0n) is 8.87. The van der Waals surface area contributed by atoms with Gasteiger partial charge in [0, 0.05) is 6.20 Å². The van der Waals surface area contributed by atoms with Crippen molar-refractivity contribution in [2.75, 3.05) is 12.8 Å². The van der Waals surface area contributed by atoms with Crippen molar-refractivity contribution in [2.24, 2.45) is 5.10 Å². The number of nitrogen functional groups attached to an aromatic ring is 1. The van der Waals surface area contributed by atoms with Crippen LogP contribution in [0.5, 0.6) is 5.75 Å². The molecule has 1 aromatic carbocycles. The minimum atomic E-state index is 0.366. The first-order chi connectivity index (χ1) is 7.79. The van der Waals surface area contributed by atoms with E-state index in [-0.39, 0.29) is 0 Å². The largest absolute Gasteiger partial charge is 0.497 e. The van der Waals surface area contributed by atoms with E-state index in [1.165, 1.54) is 4.68 Å². The van der Waals surface area contributed by atoms with E-state index in [0.717, 1.165) is 11.3 Å². The van der Waals surface area contributed by atoms with Crippen molar-refractivity contribution >= 4 is 12.2 Å². The third-order valence-electron chi connectivity index (χ3n) is 2.10. The number of ether oxygens (including phenoxy) is 1. The summed E-state index contributed by atoms with van der Waals surface area (Å²) in [6, 6.07) is 7.57. The summed E-state index contributed by atoms with van der Waals surface area (Å²) in [7, 11) is 1.63. The molecule has 2 N–H and O–H groups in total. The SMILES string of the molecule is COc1ccc(/C=N/n2ccnc2N)cc1. The molecule has 0 saturated heterocycles. The van der Waals surface area contributed by atoms with E-state index in [4.69, 9.17) is 10.5 Å². The average Bonchev–Trinajstić information content (AvgIpc) is 2.73. The monoisotopic (exact) mass is 216 g/mol. The zero-order valence-corrected chi connectivity index (χ0v) is 8.87. The number of hydrogen-bond acceptors (Lipinski definition) is 4. The predicted octanol–water partition coefficient (Wildman–Crippen LogP) is 1.36. The van der Waals surface area contributed by atoms with Gasteiger partial charge in [0.15, 0.2) is 0 Å². The highest BCUT2D eigenvalue weighted by molar-refractivity contribution is 5.79. The number of rotatable bonds is 3. The zero-order chi connectivity index (χ0) is 11.4. The van der Waals surface area contributed by atoms with Crippen molar-refractivity contribution in [3.63, 3.8) is 0 Å². The molecule has 0 aliphatic heterocycles. The number of anilines is 1. The average molecular weight is 216 g/mol. The van der Waals surface area contributed by atoms with Crippen molar-refractivity contribution < 1.29 is 4.74 Å². The lowest BCUT2D eigenvalue weighted by molar-refractivity contribution is 0.415. The van der Waals surface area contributed by atoms with Gasteiger partial charge in [-0.3, -0.25) is 0 Å². The highest BCUT2D eigenvalue weighted by Crippen LogP contribution is 2.10. The van der Waals surface area contributed by atoms with E-state index >= 15 is 0 Å². The topological polar surface area (TPSA) is 65.4 Å². The Labute approximate surface area is 93.2 Å². The van der Waals surface area contributed by atoms with E-state index in [0.29, 0.717) is 5.95 Å². The standard InChI is InChI=1S/C11H12N4O/c1-16-10-4-2-9(3-5-10)8-14-15-7-6-13-11(15)12/h2-8H,1H3,(H2,12,13)/b14-8+. The lowest BCUT2D eigenvalue weighted by Gasteiger charge is -1.99. The van der Waals surface area contributed by atoms with Crippen LogP contribution in [0.2, 0.25) is 0 Å². The lowest BCUT2D eigenvalue weighted by Crippen LogP contribution is -1.96. The number of aromatic nitrogens is 2. The Balaban J connectivity index is 2.14. The summed E-state index contributed by atoms with van der Waals surface area (Å²) < 4.78 is 6.56. The molecule has 0 saturated carbocycles. The molecule has 0 unspecified atom stereocenters. The Bertz CT molecular complexity index is 487. The van der Waals surface area contributed by atoms with Crippen molar-refractivity contribution in [1.82, 2.24) is 9.66 Å². The molecule has 0 radical (unpaired) electrons. The van der Waals surface area contributed by atoms with Gasteiger partial charge in [-0.15, -0.1) is 0 Å². The summed E-state index contributed by atoms with van der Waals surface area (Å²) in [5.41, 5.74) is 6.54. The van der Waals surface area contributed by atoms with E-state index in [1.54, 1.807) is 25.7 Å². The minimum Gasteiger partial charge on any atom is -0.497 e. The molecular formula is C11H12N4O. The number of hydrogen-bond donors (Lipinski definition) is 1. The summed E-state index contributed by atoms with van der Waals surface area (Å²) in [4.78, 5) is 3.86. The smallest absolute Gasteiger partial charge is 0.221 e. The molecule has 0 fully saturated rings. The Morgan fingerprint density at radius 3 is 2.69 bits per heavy atom. The maximum Gasteiger partial charge on any atom is 0.221 e. The fraction of sp³-hybridized carbons (Fsp3) is 0.0909. The van der Waals surface area contributed by atoms with Crippen LogP contribution in [0.25, 0.3) is 0 Å². The third-order valence-corrected chi connectivity index (χ3v) is 2.10. The van der Waals surface area contributed by atoms with Crippen LogP contribution >= 0.6 is 0 Å². The van der Waals surface area contributed by atoms with Gasteiger partial charge in [0.05, 0.1) is 19.5 Å². The van der Waals surface area contributed by atoms with Crippen LogP contribution < -0.4 is 10.5 Å². The second-order valence-corrected chi connectivity index (χ2v) is 3.15. The maximum atomic E-state index is 5.57. The lowest BCUT2D eigenvalue weighted by atomic mass is 10.2. The van der Waals surface area contributed by atoms with Gasteiger partial charge in [-0.1, -0.05) is 0 Å². The third kappa shape index (κ3) is 2.20. The molecule has 5 nitrogen and oxygen atoms in total. The second kappa shape index (κ2) is 4.48. The van der Waals surface area contributed by atoms with E-state index < -0.39 is 0 Å². The van der Waals surface area contributed by atoms with Gasteiger partial charge in [-0.2, -0.15) is 5.10 Å². The van der Waals surface area contributed by atoms with Crippen molar-refractivity contribution in [1.29, 1.82) is 0 Å². The molecule has 5 heteroatoms. The van der Waals surface area contributed by atoms with Gasteiger partial charge in [0.2, 0.25) is 5.95 Å². The molecule has 0 aliphatic rings. The number of benzene rings is 1. The molecule has 0 bridgehead atoms. The first-order valence-electron chi connectivity index (χ1n) is 4.77. The maximum absolute atomic E-state index is 5.57. The molecule has 0 aliphatic carbocycles. The molecule has 2 aromatic rings. The summed E-state index contributed by atoms with van der Waals surface area (Å²) in [5, 5.41) is 4.15. The molecule has 1 aromatic heterocycles. The van der Waals surface area contributed by atoms with Crippen molar-refractivity contribution in [3.8, 4) is 5.75 Å². The number of nitrogens with two attached hydrogens (primary N) is 1.